The van der Waals surface area contributed by atoms with E-state index in [1.165, 1.54) is 5.57 Å². The number of likely N-dealkylation sites (N-methyl/N-ethyl adjacent to an activating group) is 1. The molecule has 0 radical (unpaired) electrons. The number of hydrogen-bond donors (Lipinski definition) is 1. The van der Waals surface area contributed by atoms with Crippen molar-refractivity contribution in [1.29, 1.82) is 0 Å². The zero-order valence-electron chi connectivity index (χ0n) is 8.87. The summed E-state index contributed by atoms with van der Waals surface area (Å²) in [4.78, 5) is 4.12. The van der Waals surface area contributed by atoms with Gasteiger partial charge in [-0.1, -0.05) is 11.6 Å². The lowest BCUT2D eigenvalue weighted by Gasteiger charge is -2.01. The Morgan fingerprint density at radius 2 is 2.36 bits per heavy atom. The standard InChI is InChI=1S/C11H16N2O/c1-9(7-12-2)6-10-4-5-11(14-3)13-8-10/h4-6,8,12H,7H2,1-3H3/b9-6+. The Balaban J connectivity index is 2.72. The van der Waals surface area contributed by atoms with Crippen LogP contribution < -0.4 is 10.1 Å². The Labute approximate surface area is 84.8 Å². The SMILES string of the molecule is CNC/C(C)=C/c1ccc(OC)nc1. The fourth-order valence-electron chi connectivity index (χ4n) is 1.21. The molecule has 76 valence electrons. The van der Waals surface area contributed by atoms with Crippen LogP contribution in [0.2, 0.25) is 0 Å². The quantitative estimate of drug-likeness (QED) is 0.788. The number of nitrogens with one attached hydrogen (secondary N) is 1. The molecular weight excluding hydrogens is 176 g/mol. The fourth-order valence-corrected chi connectivity index (χ4v) is 1.21. The summed E-state index contributed by atoms with van der Waals surface area (Å²) in [6, 6.07) is 3.85. The molecule has 1 rings (SSSR count). The van der Waals surface area contributed by atoms with E-state index >= 15 is 0 Å². The summed E-state index contributed by atoms with van der Waals surface area (Å²) in [6.07, 6.45) is 3.90. The lowest BCUT2D eigenvalue weighted by atomic mass is 10.2. The third-order valence-electron chi connectivity index (χ3n) is 1.84. The highest BCUT2D eigenvalue weighted by Gasteiger charge is 1.93. The molecule has 0 saturated carbocycles. The second kappa shape index (κ2) is 5.40. The molecule has 0 atom stereocenters. The topological polar surface area (TPSA) is 34.1 Å². The first kappa shape index (κ1) is 10.7. The maximum absolute atomic E-state index is 4.98. The Morgan fingerprint density at radius 1 is 1.57 bits per heavy atom. The zero-order valence-corrected chi connectivity index (χ0v) is 8.87. The van der Waals surface area contributed by atoms with Crippen molar-refractivity contribution in [2.75, 3.05) is 20.7 Å². The van der Waals surface area contributed by atoms with E-state index in [4.69, 9.17) is 4.74 Å². The van der Waals surface area contributed by atoms with E-state index in [2.05, 4.69) is 23.3 Å². The molecule has 1 aromatic rings. The zero-order chi connectivity index (χ0) is 10.4. The van der Waals surface area contributed by atoms with Crippen molar-refractivity contribution >= 4 is 6.08 Å². The minimum absolute atomic E-state index is 0.647. The molecule has 0 aliphatic heterocycles. The predicted molar refractivity (Wildman–Crippen MR) is 58.4 cm³/mol. The van der Waals surface area contributed by atoms with Crippen molar-refractivity contribution < 1.29 is 4.74 Å². The van der Waals surface area contributed by atoms with Gasteiger partial charge in [0.05, 0.1) is 7.11 Å². The maximum atomic E-state index is 4.98. The predicted octanol–water partition coefficient (Wildman–Crippen LogP) is 1.71. The molecule has 0 aliphatic carbocycles. The molecule has 14 heavy (non-hydrogen) atoms. The van der Waals surface area contributed by atoms with Gasteiger partial charge >= 0.3 is 0 Å². The molecule has 0 aromatic carbocycles. The first-order valence-electron chi connectivity index (χ1n) is 4.58. The summed E-state index contributed by atoms with van der Waals surface area (Å²) in [5, 5.41) is 3.10. The molecule has 0 spiro atoms. The number of methoxy groups -OCH3 is 1. The molecule has 3 nitrogen and oxygen atoms in total. The van der Waals surface area contributed by atoms with Crippen molar-refractivity contribution in [2.45, 2.75) is 6.92 Å². The summed E-state index contributed by atoms with van der Waals surface area (Å²) >= 11 is 0. The average molecular weight is 192 g/mol. The monoisotopic (exact) mass is 192 g/mol. The molecule has 1 heterocycles. The van der Waals surface area contributed by atoms with Gasteiger partial charge in [-0.05, 0) is 25.6 Å². The van der Waals surface area contributed by atoms with Gasteiger partial charge in [0.1, 0.15) is 0 Å². The van der Waals surface area contributed by atoms with Crippen LogP contribution >= 0.6 is 0 Å². The van der Waals surface area contributed by atoms with Crippen LogP contribution in [0.4, 0.5) is 0 Å². The molecule has 0 fully saturated rings. The summed E-state index contributed by atoms with van der Waals surface area (Å²) in [5.74, 6) is 0.647. The largest absolute Gasteiger partial charge is 0.481 e. The lowest BCUT2D eigenvalue weighted by molar-refractivity contribution is 0.398. The van der Waals surface area contributed by atoms with Crippen LogP contribution in [-0.2, 0) is 0 Å². The second-order valence-electron chi connectivity index (χ2n) is 3.15. The van der Waals surface area contributed by atoms with Crippen molar-refractivity contribution in [3.63, 3.8) is 0 Å². The highest BCUT2D eigenvalue weighted by Crippen LogP contribution is 2.09. The summed E-state index contributed by atoms with van der Waals surface area (Å²) < 4.78 is 4.98. The lowest BCUT2D eigenvalue weighted by Crippen LogP contribution is -2.08. The average Bonchev–Trinajstić information content (AvgIpc) is 2.19. The number of hydrogen-bond acceptors (Lipinski definition) is 3. The van der Waals surface area contributed by atoms with E-state index in [-0.39, 0.29) is 0 Å². The van der Waals surface area contributed by atoms with Gasteiger partial charge in [0.15, 0.2) is 0 Å². The van der Waals surface area contributed by atoms with Gasteiger partial charge in [-0.2, -0.15) is 0 Å². The van der Waals surface area contributed by atoms with Crippen LogP contribution in [0, 0.1) is 0 Å². The number of nitrogens with zero attached hydrogens (tertiary/aromatic N) is 1. The molecule has 1 aromatic heterocycles. The van der Waals surface area contributed by atoms with E-state index in [0.29, 0.717) is 5.88 Å². The third kappa shape index (κ3) is 3.18. The fraction of sp³-hybridized carbons (Fsp3) is 0.364. The third-order valence-corrected chi connectivity index (χ3v) is 1.84. The Hall–Kier alpha value is -1.35. The smallest absolute Gasteiger partial charge is 0.212 e. The number of aromatic nitrogens is 1. The van der Waals surface area contributed by atoms with E-state index in [1.807, 2.05) is 19.2 Å². The minimum Gasteiger partial charge on any atom is -0.481 e. The molecule has 1 N–H and O–H groups in total. The summed E-state index contributed by atoms with van der Waals surface area (Å²) in [5.41, 5.74) is 2.37. The van der Waals surface area contributed by atoms with Crippen LogP contribution in [0.1, 0.15) is 12.5 Å². The van der Waals surface area contributed by atoms with Crippen molar-refractivity contribution in [1.82, 2.24) is 10.3 Å². The normalized spacial score (nSPS) is 11.5. The molecule has 0 unspecified atom stereocenters. The Bertz CT molecular complexity index is 304. The van der Waals surface area contributed by atoms with Crippen LogP contribution in [0.15, 0.2) is 23.9 Å². The first-order chi connectivity index (χ1) is 6.76. The van der Waals surface area contributed by atoms with Crippen LogP contribution in [0.25, 0.3) is 6.08 Å². The van der Waals surface area contributed by atoms with Crippen LogP contribution in [0.5, 0.6) is 5.88 Å². The van der Waals surface area contributed by atoms with Crippen LogP contribution in [-0.4, -0.2) is 25.7 Å². The van der Waals surface area contributed by atoms with E-state index in [0.717, 1.165) is 12.1 Å². The number of rotatable bonds is 4. The van der Waals surface area contributed by atoms with Gasteiger partial charge < -0.3 is 10.1 Å². The highest BCUT2D eigenvalue weighted by atomic mass is 16.5. The van der Waals surface area contributed by atoms with Gasteiger partial charge in [0.2, 0.25) is 5.88 Å². The molecule has 3 heteroatoms. The molecular formula is C11H16N2O. The summed E-state index contributed by atoms with van der Waals surface area (Å²) in [6.45, 7) is 2.98. The molecule has 0 saturated heterocycles. The van der Waals surface area contributed by atoms with Crippen LogP contribution in [0.3, 0.4) is 0 Å². The summed E-state index contributed by atoms with van der Waals surface area (Å²) in [7, 11) is 3.55. The van der Waals surface area contributed by atoms with E-state index in [1.54, 1.807) is 13.3 Å². The second-order valence-corrected chi connectivity index (χ2v) is 3.15. The van der Waals surface area contributed by atoms with Gasteiger partial charge in [0.25, 0.3) is 0 Å². The Morgan fingerprint density at radius 3 is 2.86 bits per heavy atom. The molecule has 0 aliphatic rings. The van der Waals surface area contributed by atoms with Crippen molar-refractivity contribution in [3.05, 3.63) is 29.5 Å². The van der Waals surface area contributed by atoms with E-state index in [9.17, 15) is 0 Å². The van der Waals surface area contributed by atoms with Gasteiger partial charge in [-0.25, -0.2) is 4.98 Å². The maximum Gasteiger partial charge on any atom is 0.212 e. The Kier molecular flexibility index (Phi) is 4.13. The van der Waals surface area contributed by atoms with Gasteiger partial charge in [-0.15, -0.1) is 0 Å². The molecule has 0 amide bonds. The minimum atomic E-state index is 0.647. The number of ether oxygens (including phenoxy) is 1. The van der Waals surface area contributed by atoms with Gasteiger partial charge in [0, 0.05) is 18.8 Å². The van der Waals surface area contributed by atoms with E-state index < -0.39 is 0 Å². The van der Waals surface area contributed by atoms with Crippen molar-refractivity contribution in [2.24, 2.45) is 0 Å². The molecule has 0 bridgehead atoms. The number of pyridine rings is 1. The highest BCUT2D eigenvalue weighted by molar-refractivity contribution is 5.51. The van der Waals surface area contributed by atoms with Crippen molar-refractivity contribution in [3.8, 4) is 5.88 Å². The first-order valence-corrected chi connectivity index (χ1v) is 4.58. The van der Waals surface area contributed by atoms with Gasteiger partial charge in [-0.3, -0.25) is 0 Å².